The Bertz CT molecular complexity index is 1180. The summed E-state index contributed by atoms with van der Waals surface area (Å²) in [5.41, 5.74) is 4.84. The second kappa shape index (κ2) is 10.4. The van der Waals surface area contributed by atoms with E-state index in [1.807, 2.05) is 60.9 Å². The molecule has 4 rings (SSSR count). The van der Waals surface area contributed by atoms with Crippen molar-refractivity contribution in [2.75, 3.05) is 18.2 Å². The van der Waals surface area contributed by atoms with Gasteiger partial charge in [-0.15, -0.1) is 11.8 Å². The van der Waals surface area contributed by atoms with Crippen molar-refractivity contribution in [1.29, 1.82) is 0 Å². The second-order valence-corrected chi connectivity index (χ2v) is 8.72. The van der Waals surface area contributed by atoms with Crippen molar-refractivity contribution >= 4 is 35.4 Å². The first-order chi connectivity index (χ1) is 16.5. The summed E-state index contributed by atoms with van der Waals surface area (Å²) in [7, 11) is 0. The number of amides is 2. The topological polar surface area (TPSA) is 105 Å². The molecule has 0 aromatic heterocycles. The Labute approximate surface area is 201 Å². The number of alkyl carbamates (subject to hydrolysis) is 1. The third-order valence-electron chi connectivity index (χ3n) is 5.67. The van der Waals surface area contributed by atoms with Gasteiger partial charge in [-0.3, -0.25) is 9.59 Å². The van der Waals surface area contributed by atoms with E-state index in [1.54, 1.807) is 18.2 Å². The van der Waals surface area contributed by atoms with E-state index in [1.165, 1.54) is 11.8 Å². The van der Waals surface area contributed by atoms with Gasteiger partial charge in [-0.25, -0.2) is 4.79 Å². The minimum Gasteiger partial charge on any atom is -0.481 e. The maximum absolute atomic E-state index is 12.7. The summed E-state index contributed by atoms with van der Waals surface area (Å²) < 4.78 is 5.46. The average Bonchev–Trinajstić information content (AvgIpc) is 3.16. The second-order valence-electron chi connectivity index (χ2n) is 7.84. The number of anilines is 1. The van der Waals surface area contributed by atoms with Crippen molar-refractivity contribution in [1.82, 2.24) is 5.32 Å². The number of aliphatic carboxylic acids is 1. The zero-order chi connectivity index (χ0) is 24.1. The van der Waals surface area contributed by atoms with E-state index in [2.05, 4.69) is 10.6 Å². The van der Waals surface area contributed by atoms with Crippen molar-refractivity contribution in [3.05, 3.63) is 83.9 Å². The van der Waals surface area contributed by atoms with E-state index < -0.39 is 30.4 Å². The lowest BCUT2D eigenvalue weighted by atomic mass is 9.98. The van der Waals surface area contributed by atoms with Crippen LogP contribution in [0.2, 0.25) is 0 Å². The lowest BCUT2D eigenvalue weighted by Gasteiger charge is -2.19. The number of hydrogen-bond acceptors (Lipinski definition) is 5. The predicted octanol–water partition coefficient (Wildman–Crippen LogP) is 4.73. The summed E-state index contributed by atoms with van der Waals surface area (Å²) in [6.07, 6.45) is 0.492. The molecule has 3 aromatic rings. The van der Waals surface area contributed by atoms with Crippen LogP contribution in [0.25, 0.3) is 11.1 Å². The Kier molecular flexibility index (Phi) is 7.18. The van der Waals surface area contributed by atoms with Crippen LogP contribution in [0.3, 0.4) is 0 Å². The molecule has 0 fully saturated rings. The van der Waals surface area contributed by atoms with Crippen molar-refractivity contribution in [3.8, 4) is 11.1 Å². The first-order valence-corrected chi connectivity index (χ1v) is 12.0. The fourth-order valence-electron chi connectivity index (χ4n) is 4.10. The monoisotopic (exact) mass is 476 g/mol. The Morgan fingerprint density at radius 3 is 2.24 bits per heavy atom. The Morgan fingerprint density at radius 2 is 1.62 bits per heavy atom. The summed E-state index contributed by atoms with van der Waals surface area (Å²) in [6.45, 7) is 0.0665. The zero-order valence-corrected chi connectivity index (χ0v) is 19.3. The highest BCUT2D eigenvalue weighted by Gasteiger charge is 2.30. The number of benzene rings is 3. The smallest absolute Gasteiger partial charge is 0.407 e. The van der Waals surface area contributed by atoms with Crippen LogP contribution in [-0.2, 0) is 14.3 Å². The molecule has 3 aromatic carbocycles. The summed E-state index contributed by atoms with van der Waals surface area (Å²) in [5, 5.41) is 14.3. The van der Waals surface area contributed by atoms with E-state index in [0.29, 0.717) is 5.69 Å². The summed E-state index contributed by atoms with van der Waals surface area (Å²) >= 11 is 1.51. The maximum atomic E-state index is 12.7. The number of ether oxygens (including phenoxy) is 1. The number of nitrogens with one attached hydrogen (secondary N) is 2. The van der Waals surface area contributed by atoms with Gasteiger partial charge in [-0.1, -0.05) is 54.6 Å². The summed E-state index contributed by atoms with van der Waals surface area (Å²) in [4.78, 5) is 37.5. The van der Waals surface area contributed by atoms with Crippen LogP contribution >= 0.6 is 11.8 Å². The van der Waals surface area contributed by atoms with Gasteiger partial charge in [-0.05, 0) is 46.7 Å². The Hall–Kier alpha value is -3.78. The van der Waals surface area contributed by atoms with Crippen LogP contribution in [0.1, 0.15) is 23.5 Å². The molecule has 0 radical (unpaired) electrons. The molecule has 0 spiro atoms. The third-order valence-corrected chi connectivity index (χ3v) is 6.39. The number of carboxylic acids is 1. The van der Waals surface area contributed by atoms with Gasteiger partial charge in [0, 0.05) is 16.5 Å². The highest BCUT2D eigenvalue weighted by atomic mass is 32.2. The van der Waals surface area contributed by atoms with Crippen LogP contribution in [0, 0.1) is 0 Å². The number of thioether (sulfide) groups is 1. The molecule has 1 aliphatic rings. The van der Waals surface area contributed by atoms with Crippen molar-refractivity contribution in [2.24, 2.45) is 0 Å². The van der Waals surface area contributed by atoms with Gasteiger partial charge in [0.2, 0.25) is 5.91 Å². The van der Waals surface area contributed by atoms with Gasteiger partial charge in [0.05, 0.1) is 6.42 Å². The SMILES string of the molecule is CSc1cccc(NC(=O)C(CC(=O)O)NC(=O)OCC2c3ccccc3-c3ccccc32)c1. The zero-order valence-electron chi connectivity index (χ0n) is 18.5. The maximum Gasteiger partial charge on any atom is 0.407 e. The van der Waals surface area contributed by atoms with Crippen LogP contribution in [0.5, 0.6) is 0 Å². The molecule has 8 heteroatoms. The molecule has 7 nitrogen and oxygen atoms in total. The molecule has 1 atom stereocenters. The molecule has 0 heterocycles. The van der Waals surface area contributed by atoms with E-state index in [0.717, 1.165) is 27.1 Å². The fourth-order valence-corrected chi connectivity index (χ4v) is 4.56. The predicted molar refractivity (Wildman–Crippen MR) is 131 cm³/mol. The average molecular weight is 477 g/mol. The van der Waals surface area contributed by atoms with Gasteiger partial charge in [0.15, 0.2) is 0 Å². The van der Waals surface area contributed by atoms with Crippen molar-refractivity contribution < 1.29 is 24.2 Å². The van der Waals surface area contributed by atoms with Crippen molar-refractivity contribution in [2.45, 2.75) is 23.3 Å². The Morgan fingerprint density at radius 1 is 0.971 bits per heavy atom. The number of fused-ring (bicyclic) bond motifs is 3. The molecule has 1 unspecified atom stereocenters. The van der Waals surface area contributed by atoms with E-state index in [9.17, 15) is 19.5 Å². The molecule has 34 heavy (non-hydrogen) atoms. The van der Waals surface area contributed by atoms with Crippen LogP contribution in [0.15, 0.2) is 77.7 Å². The molecular formula is C26H24N2O5S. The van der Waals surface area contributed by atoms with Crippen LogP contribution in [0.4, 0.5) is 10.5 Å². The standard InChI is InChI=1S/C26H24N2O5S/c1-34-17-8-6-7-16(13-17)27-25(31)23(14-24(29)30)28-26(32)33-15-22-20-11-4-2-9-18(20)19-10-3-5-12-21(19)22/h2-13,22-23H,14-15H2,1H3,(H,27,31)(H,28,32)(H,29,30). The fraction of sp³-hybridized carbons (Fsp3) is 0.192. The summed E-state index contributed by atoms with van der Waals surface area (Å²) in [6, 6.07) is 21.8. The Balaban J connectivity index is 1.42. The molecule has 0 saturated carbocycles. The number of hydrogen-bond donors (Lipinski definition) is 3. The quantitative estimate of drug-likeness (QED) is 0.406. The van der Waals surface area contributed by atoms with Gasteiger partial charge in [-0.2, -0.15) is 0 Å². The highest BCUT2D eigenvalue weighted by Crippen LogP contribution is 2.44. The lowest BCUT2D eigenvalue weighted by molar-refractivity contribution is -0.139. The minimum absolute atomic E-state index is 0.0665. The normalized spacial score (nSPS) is 12.9. The third kappa shape index (κ3) is 5.23. The molecule has 174 valence electrons. The van der Waals surface area contributed by atoms with Gasteiger partial charge in [0.25, 0.3) is 0 Å². The van der Waals surface area contributed by atoms with E-state index in [-0.39, 0.29) is 12.5 Å². The number of carboxylic acid groups (broad SMARTS) is 1. The molecule has 3 N–H and O–H groups in total. The van der Waals surface area contributed by atoms with Gasteiger partial charge in [0.1, 0.15) is 12.6 Å². The lowest BCUT2D eigenvalue weighted by Crippen LogP contribution is -2.45. The molecule has 2 amide bonds. The molecule has 0 saturated heterocycles. The first-order valence-electron chi connectivity index (χ1n) is 10.7. The molecular weight excluding hydrogens is 452 g/mol. The van der Waals surface area contributed by atoms with E-state index >= 15 is 0 Å². The van der Waals surface area contributed by atoms with Gasteiger partial charge < -0.3 is 20.5 Å². The number of rotatable bonds is 8. The minimum atomic E-state index is -1.29. The highest BCUT2D eigenvalue weighted by molar-refractivity contribution is 7.98. The summed E-state index contributed by atoms with van der Waals surface area (Å²) in [5.74, 6) is -1.98. The number of carbonyl (C=O) groups is 3. The first kappa shape index (κ1) is 23.4. The van der Waals surface area contributed by atoms with Crippen LogP contribution in [-0.4, -0.2) is 42.0 Å². The molecule has 0 aliphatic heterocycles. The van der Waals surface area contributed by atoms with E-state index in [4.69, 9.17) is 4.74 Å². The molecule has 1 aliphatic carbocycles. The largest absolute Gasteiger partial charge is 0.481 e. The number of carbonyl (C=O) groups excluding carboxylic acids is 2. The van der Waals surface area contributed by atoms with Crippen LogP contribution < -0.4 is 10.6 Å². The van der Waals surface area contributed by atoms with Crippen molar-refractivity contribution in [3.63, 3.8) is 0 Å². The van der Waals surface area contributed by atoms with Gasteiger partial charge >= 0.3 is 12.1 Å². The molecule has 0 bridgehead atoms.